The number of hydrogen-bond acceptors (Lipinski definition) is 3. The smallest absolute Gasteiger partial charge is 0.242 e. The number of nitrogens with one attached hydrogen (secondary N) is 1. The van der Waals surface area contributed by atoms with Crippen molar-refractivity contribution in [3.05, 3.63) is 53.6 Å². The molecule has 2 fully saturated rings. The SMILES string of the molecule is Cc1ccc(OCC(C)C)c(-c2cccc(C3CCC4(CCN(C)C4=O)N3)c2)c1. The van der Waals surface area contributed by atoms with Gasteiger partial charge in [0, 0.05) is 25.2 Å². The van der Waals surface area contributed by atoms with E-state index < -0.39 is 0 Å². The molecule has 2 aliphatic heterocycles. The Balaban J connectivity index is 1.60. The summed E-state index contributed by atoms with van der Waals surface area (Å²) in [6, 6.07) is 15.3. The Morgan fingerprint density at radius 2 is 2.03 bits per heavy atom. The van der Waals surface area contributed by atoms with E-state index in [0.717, 1.165) is 37.1 Å². The first-order valence-electron chi connectivity index (χ1n) is 10.7. The summed E-state index contributed by atoms with van der Waals surface area (Å²) in [5.74, 6) is 1.67. The van der Waals surface area contributed by atoms with Gasteiger partial charge in [-0.15, -0.1) is 0 Å². The minimum atomic E-state index is -0.357. The van der Waals surface area contributed by atoms with Gasteiger partial charge in [0.2, 0.25) is 5.91 Å². The second kappa shape index (κ2) is 7.83. The van der Waals surface area contributed by atoms with E-state index in [0.29, 0.717) is 12.5 Å². The summed E-state index contributed by atoms with van der Waals surface area (Å²) in [6.07, 6.45) is 2.81. The average molecular weight is 393 g/mol. The van der Waals surface area contributed by atoms with Crippen molar-refractivity contribution >= 4 is 5.91 Å². The van der Waals surface area contributed by atoms with Gasteiger partial charge in [0.15, 0.2) is 0 Å². The van der Waals surface area contributed by atoms with Crippen LogP contribution >= 0.6 is 0 Å². The first-order valence-corrected chi connectivity index (χ1v) is 10.7. The number of amides is 1. The molecule has 2 aromatic carbocycles. The summed E-state index contributed by atoms with van der Waals surface area (Å²) in [6.45, 7) is 8.00. The largest absolute Gasteiger partial charge is 0.493 e. The second-order valence-electron chi connectivity index (χ2n) is 9.12. The van der Waals surface area contributed by atoms with Crippen molar-refractivity contribution in [1.29, 1.82) is 0 Å². The fourth-order valence-corrected chi connectivity index (χ4v) is 4.59. The van der Waals surface area contributed by atoms with Gasteiger partial charge in [-0.2, -0.15) is 0 Å². The number of nitrogens with zero attached hydrogens (tertiary/aromatic N) is 1. The van der Waals surface area contributed by atoms with Crippen molar-refractivity contribution in [2.45, 2.75) is 51.6 Å². The summed E-state index contributed by atoms with van der Waals surface area (Å²) in [4.78, 5) is 14.5. The lowest BCUT2D eigenvalue weighted by atomic mass is 9.95. The van der Waals surface area contributed by atoms with Gasteiger partial charge in [0.1, 0.15) is 11.3 Å². The number of carbonyl (C=O) groups is 1. The molecule has 2 heterocycles. The average Bonchev–Trinajstić information content (AvgIpc) is 3.27. The number of aryl methyl sites for hydroxylation is 1. The maximum absolute atomic E-state index is 12.7. The van der Waals surface area contributed by atoms with E-state index in [4.69, 9.17) is 4.74 Å². The van der Waals surface area contributed by atoms with Crippen molar-refractivity contribution in [2.75, 3.05) is 20.2 Å². The summed E-state index contributed by atoms with van der Waals surface area (Å²) in [5, 5.41) is 3.69. The van der Waals surface area contributed by atoms with Crippen LogP contribution in [0.1, 0.15) is 50.3 Å². The van der Waals surface area contributed by atoms with Gasteiger partial charge in [-0.05, 0) is 61.4 Å². The van der Waals surface area contributed by atoms with Crippen molar-refractivity contribution in [2.24, 2.45) is 5.92 Å². The number of carbonyl (C=O) groups excluding carboxylic acids is 1. The van der Waals surface area contributed by atoms with Gasteiger partial charge < -0.3 is 9.64 Å². The molecule has 1 amide bonds. The predicted octanol–water partition coefficient (Wildman–Crippen LogP) is 4.72. The van der Waals surface area contributed by atoms with Crippen LogP contribution < -0.4 is 10.1 Å². The summed E-state index contributed by atoms with van der Waals surface area (Å²) < 4.78 is 6.11. The number of ether oxygens (including phenoxy) is 1. The van der Waals surface area contributed by atoms with E-state index >= 15 is 0 Å². The van der Waals surface area contributed by atoms with E-state index in [1.54, 1.807) is 0 Å². The minimum absolute atomic E-state index is 0.218. The molecule has 154 valence electrons. The Labute approximate surface area is 174 Å². The van der Waals surface area contributed by atoms with Crippen molar-refractivity contribution in [1.82, 2.24) is 10.2 Å². The zero-order valence-corrected chi connectivity index (χ0v) is 18.0. The normalized spacial score (nSPS) is 24.1. The first kappa shape index (κ1) is 20.0. The Hall–Kier alpha value is -2.33. The maximum Gasteiger partial charge on any atom is 0.242 e. The molecule has 1 N–H and O–H groups in total. The zero-order chi connectivity index (χ0) is 20.6. The quantitative estimate of drug-likeness (QED) is 0.800. The molecule has 2 unspecified atom stereocenters. The fourth-order valence-electron chi connectivity index (χ4n) is 4.59. The highest BCUT2D eigenvalue weighted by atomic mass is 16.5. The molecule has 0 aromatic heterocycles. The Morgan fingerprint density at radius 3 is 2.76 bits per heavy atom. The molecule has 4 heteroatoms. The Bertz CT molecular complexity index is 907. The third-order valence-corrected chi connectivity index (χ3v) is 6.25. The van der Waals surface area contributed by atoms with Gasteiger partial charge in [-0.25, -0.2) is 0 Å². The van der Waals surface area contributed by atoms with Crippen LogP contribution in [0.5, 0.6) is 5.75 Å². The summed E-state index contributed by atoms with van der Waals surface area (Å²) in [5.41, 5.74) is 4.42. The molecular formula is C25H32N2O2. The van der Waals surface area contributed by atoms with Crippen LogP contribution in [0.2, 0.25) is 0 Å². The third kappa shape index (κ3) is 3.91. The van der Waals surface area contributed by atoms with Crippen LogP contribution in [-0.2, 0) is 4.79 Å². The van der Waals surface area contributed by atoms with Crippen LogP contribution in [0.3, 0.4) is 0 Å². The number of benzene rings is 2. The van der Waals surface area contributed by atoms with Crippen molar-refractivity contribution < 1.29 is 9.53 Å². The molecule has 1 spiro atoms. The van der Waals surface area contributed by atoms with E-state index in [1.807, 2.05) is 11.9 Å². The van der Waals surface area contributed by atoms with E-state index in [1.165, 1.54) is 16.7 Å². The van der Waals surface area contributed by atoms with Crippen LogP contribution in [0, 0.1) is 12.8 Å². The Kier molecular flexibility index (Phi) is 5.39. The van der Waals surface area contributed by atoms with Gasteiger partial charge in [-0.1, -0.05) is 43.7 Å². The minimum Gasteiger partial charge on any atom is -0.493 e. The van der Waals surface area contributed by atoms with E-state index in [2.05, 4.69) is 68.6 Å². The molecule has 0 bridgehead atoms. The van der Waals surface area contributed by atoms with Crippen LogP contribution in [0.15, 0.2) is 42.5 Å². The Morgan fingerprint density at radius 1 is 1.21 bits per heavy atom. The molecule has 2 saturated heterocycles. The van der Waals surface area contributed by atoms with Crippen molar-refractivity contribution in [3.8, 4) is 16.9 Å². The second-order valence-corrected chi connectivity index (χ2v) is 9.12. The third-order valence-electron chi connectivity index (χ3n) is 6.25. The molecule has 4 rings (SSSR count). The first-order chi connectivity index (χ1) is 13.9. The van der Waals surface area contributed by atoms with Gasteiger partial charge >= 0.3 is 0 Å². The molecular weight excluding hydrogens is 360 g/mol. The van der Waals surface area contributed by atoms with Gasteiger partial charge in [0.25, 0.3) is 0 Å². The molecule has 2 atom stereocenters. The van der Waals surface area contributed by atoms with Crippen molar-refractivity contribution in [3.63, 3.8) is 0 Å². The van der Waals surface area contributed by atoms with Gasteiger partial charge in [0.05, 0.1) is 6.61 Å². The van der Waals surface area contributed by atoms with E-state index in [9.17, 15) is 4.79 Å². The van der Waals surface area contributed by atoms with Crippen LogP contribution in [0.25, 0.3) is 11.1 Å². The predicted molar refractivity (Wildman–Crippen MR) is 117 cm³/mol. The number of rotatable bonds is 5. The highest BCUT2D eigenvalue weighted by Gasteiger charge is 2.49. The molecule has 0 radical (unpaired) electrons. The monoisotopic (exact) mass is 392 g/mol. The highest BCUT2D eigenvalue weighted by Crippen LogP contribution is 2.40. The topological polar surface area (TPSA) is 41.6 Å². The lowest BCUT2D eigenvalue weighted by Gasteiger charge is -2.23. The molecule has 2 aromatic rings. The molecule has 2 aliphatic rings. The number of likely N-dealkylation sites (N-methyl/N-ethyl adjacent to an activating group) is 1. The zero-order valence-electron chi connectivity index (χ0n) is 18.0. The summed E-state index contributed by atoms with van der Waals surface area (Å²) >= 11 is 0. The van der Waals surface area contributed by atoms with Crippen LogP contribution in [-0.4, -0.2) is 36.5 Å². The summed E-state index contributed by atoms with van der Waals surface area (Å²) in [7, 11) is 1.91. The van der Waals surface area contributed by atoms with E-state index in [-0.39, 0.29) is 17.5 Å². The number of hydrogen-bond donors (Lipinski definition) is 1. The molecule has 29 heavy (non-hydrogen) atoms. The lowest BCUT2D eigenvalue weighted by Crippen LogP contribution is -2.47. The number of likely N-dealkylation sites (tertiary alicyclic amines) is 1. The molecule has 0 aliphatic carbocycles. The van der Waals surface area contributed by atoms with Gasteiger partial charge in [-0.3, -0.25) is 10.1 Å². The lowest BCUT2D eigenvalue weighted by molar-refractivity contribution is -0.131. The highest BCUT2D eigenvalue weighted by molar-refractivity contribution is 5.88. The maximum atomic E-state index is 12.7. The molecule has 0 saturated carbocycles. The standard InChI is InChI=1S/C25H32N2O2/c1-17(2)16-29-23-9-8-18(3)14-21(23)19-6-5-7-20(15-19)22-10-11-25(26-22)12-13-27(4)24(25)28/h5-9,14-15,17,22,26H,10-13,16H2,1-4H3. The van der Waals surface area contributed by atoms with Crippen LogP contribution in [0.4, 0.5) is 0 Å². The fraction of sp³-hybridized carbons (Fsp3) is 0.480. The molecule has 4 nitrogen and oxygen atoms in total.